The molecule has 0 bridgehead atoms. The average Bonchev–Trinajstić information content (AvgIpc) is 2.62. The Labute approximate surface area is 160 Å². The van der Waals surface area contributed by atoms with E-state index in [1.54, 1.807) is 37.5 Å². The first-order chi connectivity index (χ1) is 12.4. The van der Waals surface area contributed by atoms with E-state index in [-0.39, 0.29) is 10.8 Å². The van der Waals surface area contributed by atoms with Crippen LogP contribution in [0.5, 0.6) is 5.75 Å². The summed E-state index contributed by atoms with van der Waals surface area (Å²) in [6.07, 6.45) is 3.12. The van der Waals surface area contributed by atoms with Gasteiger partial charge in [-0.25, -0.2) is 9.78 Å². The Bertz CT molecular complexity index is 822. The molecule has 0 saturated carbocycles. The van der Waals surface area contributed by atoms with Gasteiger partial charge in [-0.05, 0) is 36.8 Å². The van der Waals surface area contributed by atoms with Gasteiger partial charge < -0.3 is 14.8 Å². The molecule has 0 aliphatic heterocycles. The lowest BCUT2D eigenvalue weighted by atomic mass is 10.2. The second kappa shape index (κ2) is 9.22. The van der Waals surface area contributed by atoms with E-state index in [9.17, 15) is 9.59 Å². The molecule has 0 spiro atoms. The highest BCUT2D eigenvalue weighted by atomic mass is 35.5. The van der Waals surface area contributed by atoms with Gasteiger partial charge in [-0.15, -0.1) is 0 Å². The number of esters is 1. The number of hydrogen-bond donors (Lipinski definition) is 1. The Hall–Kier alpha value is -2.57. The van der Waals surface area contributed by atoms with Gasteiger partial charge in [0.25, 0.3) is 5.91 Å². The smallest absolute Gasteiger partial charge is 0.331 e. The van der Waals surface area contributed by atoms with Gasteiger partial charge in [0.2, 0.25) is 0 Å². The van der Waals surface area contributed by atoms with Crippen LogP contribution in [0, 0.1) is 0 Å². The van der Waals surface area contributed by atoms with Crippen LogP contribution < -0.4 is 10.1 Å². The number of anilines is 1. The van der Waals surface area contributed by atoms with Crippen molar-refractivity contribution in [3.05, 3.63) is 58.2 Å². The molecule has 0 aliphatic carbocycles. The number of pyridine rings is 1. The molecule has 0 saturated heterocycles. The van der Waals surface area contributed by atoms with Crippen molar-refractivity contribution in [3.8, 4) is 5.75 Å². The highest BCUT2D eigenvalue weighted by Gasteiger charge is 2.18. The standard InChI is InChI=1S/C18H16Cl2N2O4/c1-11(18(24)22-17-15(20)9-13(19)10-21-17)26-16(23)8-5-12-3-6-14(25-2)7-4-12/h3-11H,1-2H3,(H,21,22,24)/b8-5+/t11-/m1/s1. The van der Waals surface area contributed by atoms with Gasteiger partial charge >= 0.3 is 5.97 Å². The van der Waals surface area contributed by atoms with Crippen molar-refractivity contribution in [1.82, 2.24) is 4.98 Å². The fourth-order valence-electron chi connectivity index (χ4n) is 1.87. The first-order valence-electron chi connectivity index (χ1n) is 7.53. The molecule has 0 fully saturated rings. The van der Waals surface area contributed by atoms with Crippen molar-refractivity contribution in [1.29, 1.82) is 0 Å². The van der Waals surface area contributed by atoms with Crippen molar-refractivity contribution in [2.45, 2.75) is 13.0 Å². The zero-order valence-electron chi connectivity index (χ0n) is 14.0. The number of rotatable bonds is 6. The number of halogens is 2. The minimum Gasteiger partial charge on any atom is -0.497 e. The van der Waals surface area contributed by atoms with E-state index in [0.717, 1.165) is 5.56 Å². The second-order valence-electron chi connectivity index (χ2n) is 5.16. The van der Waals surface area contributed by atoms with Crippen molar-refractivity contribution >= 4 is 47.0 Å². The van der Waals surface area contributed by atoms with Crippen molar-refractivity contribution in [3.63, 3.8) is 0 Å². The Morgan fingerprint density at radius 3 is 2.54 bits per heavy atom. The van der Waals surface area contributed by atoms with Crippen molar-refractivity contribution < 1.29 is 19.1 Å². The summed E-state index contributed by atoms with van der Waals surface area (Å²) in [4.78, 5) is 27.8. The summed E-state index contributed by atoms with van der Waals surface area (Å²) in [5.74, 6) is -0.367. The fourth-order valence-corrected chi connectivity index (χ4v) is 2.30. The van der Waals surface area contributed by atoms with Gasteiger partial charge in [0, 0.05) is 12.3 Å². The highest BCUT2D eigenvalue weighted by Crippen LogP contribution is 2.22. The van der Waals surface area contributed by atoms with Crippen LogP contribution in [0.25, 0.3) is 6.08 Å². The number of carbonyl (C=O) groups excluding carboxylic acids is 2. The van der Waals surface area contributed by atoms with Crippen LogP contribution in [0.2, 0.25) is 10.0 Å². The zero-order valence-corrected chi connectivity index (χ0v) is 15.5. The third-order valence-electron chi connectivity index (χ3n) is 3.24. The number of hydrogen-bond acceptors (Lipinski definition) is 5. The molecule has 0 aliphatic rings. The minimum atomic E-state index is -1.03. The lowest BCUT2D eigenvalue weighted by molar-refractivity contribution is -0.148. The van der Waals surface area contributed by atoms with Crippen LogP contribution >= 0.6 is 23.2 Å². The summed E-state index contributed by atoms with van der Waals surface area (Å²) < 4.78 is 10.1. The predicted octanol–water partition coefficient (Wildman–Crippen LogP) is 3.98. The molecule has 136 valence electrons. The Morgan fingerprint density at radius 2 is 1.92 bits per heavy atom. The molecule has 0 radical (unpaired) electrons. The molecule has 1 atom stereocenters. The van der Waals surface area contributed by atoms with Gasteiger partial charge in [-0.1, -0.05) is 35.3 Å². The third-order valence-corrected chi connectivity index (χ3v) is 3.73. The second-order valence-corrected chi connectivity index (χ2v) is 6.00. The summed E-state index contributed by atoms with van der Waals surface area (Å²) in [6, 6.07) is 8.55. The Balaban J connectivity index is 1.90. The SMILES string of the molecule is COc1ccc(/C=C/C(=O)O[C@H](C)C(=O)Nc2ncc(Cl)cc2Cl)cc1. The molecule has 1 heterocycles. The number of carbonyl (C=O) groups is 2. The number of amides is 1. The van der Waals surface area contributed by atoms with Crippen molar-refractivity contribution in [2.24, 2.45) is 0 Å². The van der Waals surface area contributed by atoms with E-state index in [1.807, 2.05) is 0 Å². The molecular weight excluding hydrogens is 379 g/mol. The normalized spacial score (nSPS) is 11.8. The molecule has 1 N–H and O–H groups in total. The highest BCUT2D eigenvalue weighted by molar-refractivity contribution is 6.36. The lowest BCUT2D eigenvalue weighted by Gasteiger charge is -2.12. The summed E-state index contributed by atoms with van der Waals surface area (Å²) in [5, 5.41) is 3.00. The van der Waals surface area contributed by atoms with Gasteiger partial charge in [0.15, 0.2) is 11.9 Å². The average molecular weight is 395 g/mol. The van der Waals surface area contributed by atoms with Crippen LogP contribution in [0.15, 0.2) is 42.6 Å². The number of methoxy groups -OCH3 is 1. The van der Waals surface area contributed by atoms with E-state index >= 15 is 0 Å². The molecule has 2 aromatic rings. The fraction of sp³-hybridized carbons (Fsp3) is 0.167. The Morgan fingerprint density at radius 1 is 1.23 bits per heavy atom. The lowest BCUT2D eigenvalue weighted by Crippen LogP contribution is -2.29. The van der Waals surface area contributed by atoms with Gasteiger partial charge in [-0.2, -0.15) is 0 Å². The number of benzene rings is 1. The largest absolute Gasteiger partial charge is 0.497 e. The summed E-state index contributed by atoms with van der Waals surface area (Å²) in [6.45, 7) is 1.44. The van der Waals surface area contributed by atoms with Crippen LogP contribution in [-0.4, -0.2) is 30.1 Å². The third kappa shape index (κ3) is 5.75. The zero-order chi connectivity index (χ0) is 19.1. The number of nitrogens with zero attached hydrogens (tertiary/aromatic N) is 1. The van der Waals surface area contributed by atoms with Crippen LogP contribution in [0.3, 0.4) is 0 Å². The topological polar surface area (TPSA) is 77.5 Å². The molecule has 2 rings (SSSR count). The molecule has 1 aromatic heterocycles. The number of aromatic nitrogens is 1. The molecule has 1 aromatic carbocycles. The van der Waals surface area contributed by atoms with Gasteiger partial charge in [-0.3, -0.25) is 4.79 Å². The molecule has 0 unspecified atom stereocenters. The first kappa shape index (κ1) is 19.8. The molecule has 8 heteroatoms. The Kier molecular flexibility index (Phi) is 7.00. The molecule has 6 nitrogen and oxygen atoms in total. The number of ether oxygens (including phenoxy) is 2. The van der Waals surface area contributed by atoms with E-state index in [1.165, 1.54) is 25.3 Å². The maximum absolute atomic E-state index is 12.1. The van der Waals surface area contributed by atoms with E-state index < -0.39 is 18.0 Å². The van der Waals surface area contributed by atoms with Crippen molar-refractivity contribution in [2.75, 3.05) is 12.4 Å². The van der Waals surface area contributed by atoms with Gasteiger partial charge in [0.05, 0.1) is 17.2 Å². The molecule has 26 heavy (non-hydrogen) atoms. The predicted molar refractivity (Wildman–Crippen MR) is 100 cm³/mol. The summed E-state index contributed by atoms with van der Waals surface area (Å²) in [5.41, 5.74) is 0.789. The monoisotopic (exact) mass is 394 g/mol. The quantitative estimate of drug-likeness (QED) is 0.592. The van der Waals surface area contributed by atoms with E-state index in [0.29, 0.717) is 10.8 Å². The van der Waals surface area contributed by atoms with Crippen LogP contribution in [0.1, 0.15) is 12.5 Å². The number of nitrogens with one attached hydrogen (secondary N) is 1. The van der Waals surface area contributed by atoms with Gasteiger partial charge in [0.1, 0.15) is 5.75 Å². The summed E-state index contributed by atoms with van der Waals surface area (Å²) >= 11 is 11.7. The summed E-state index contributed by atoms with van der Waals surface area (Å²) in [7, 11) is 1.57. The molecule has 1 amide bonds. The molecular formula is C18H16Cl2N2O4. The van der Waals surface area contributed by atoms with Crippen LogP contribution in [0.4, 0.5) is 5.82 Å². The van der Waals surface area contributed by atoms with E-state index in [4.69, 9.17) is 32.7 Å². The van der Waals surface area contributed by atoms with Crippen LogP contribution in [-0.2, 0) is 14.3 Å². The van der Waals surface area contributed by atoms with E-state index in [2.05, 4.69) is 10.3 Å². The maximum atomic E-state index is 12.1. The first-order valence-corrected chi connectivity index (χ1v) is 8.29. The minimum absolute atomic E-state index is 0.137. The maximum Gasteiger partial charge on any atom is 0.331 e.